The van der Waals surface area contributed by atoms with Crippen LogP contribution in [0.15, 0.2) is 30.6 Å². The summed E-state index contributed by atoms with van der Waals surface area (Å²) < 4.78 is 7.27. The fraction of sp³-hybridized carbons (Fsp3) is 0.429. The fourth-order valence-electron chi connectivity index (χ4n) is 2.31. The molecule has 2 aromatic rings. The summed E-state index contributed by atoms with van der Waals surface area (Å²) in [5, 5.41) is 6.16. The molecule has 1 saturated heterocycles. The maximum Gasteiger partial charge on any atom is 0.221 e. The second kappa shape index (κ2) is 6.02. The molecular formula is C14H18N4O2. The predicted molar refractivity (Wildman–Crippen MR) is 74.3 cm³/mol. The maximum atomic E-state index is 11.9. The molecule has 20 heavy (non-hydrogen) atoms. The summed E-state index contributed by atoms with van der Waals surface area (Å²) in [6.07, 6.45) is 4.31. The van der Waals surface area contributed by atoms with Gasteiger partial charge in [-0.15, -0.1) is 0 Å². The van der Waals surface area contributed by atoms with Crippen molar-refractivity contribution in [3.8, 4) is 0 Å². The van der Waals surface area contributed by atoms with Crippen LogP contribution in [-0.4, -0.2) is 41.1 Å². The van der Waals surface area contributed by atoms with Crippen LogP contribution in [0.2, 0.25) is 0 Å². The molecule has 6 heteroatoms. The third kappa shape index (κ3) is 3.15. The van der Waals surface area contributed by atoms with Gasteiger partial charge in [0.15, 0.2) is 0 Å². The molecule has 0 saturated carbocycles. The van der Waals surface area contributed by atoms with Crippen LogP contribution >= 0.6 is 0 Å². The molecule has 6 nitrogen and oxygen atoms in total. The molecule has 106 valence electrons. The van der Waals surface area contributed by atoms with Crippen molar-refractivity contribution in [1.29, 1.82) is 0 Å². The molecule has 0 aliphatic carbocycles. The first-order chi connectivity index (χ1) is 9.81. The SMILES string of the molecule is O=C(C[C@H]1COCCN1)NCc1cn2ccccc2n1. The monoisotopic (exact) mass is 274 g/mol. The van der Waals surface area contributed by atoms with E-state index in [9.17, 15) is 4.79 Å². The highest BCUT2D eigenvalue weighted by molar-refractivity contribution is 5.76. The number of carbonyl (C=O) groups excluding carboxylic acids is 1. The number of aromatic nitrogens is 2. The standard InChI is InChI=1S/C14H18N4O2/c19-14(7-11-10-20-6-4-15-11)16-8-12-9-18-5-2-1-3-13(18)17-12/h1-3,5,9,11,15H,4,6-8,10H2,(H,16,19)/t11-/m0/s1. The van der Waals surface area contributed by atoms with Gasteiger partial charge in [0.25, 0.3) is 0 Å². The summed E-state index contributed by atoms with van der Waals surface area (Å²) in [7, 11) is 0. The number of imidazole rings is 1. The molecule has 0 spiro atoms. The molecule has 0 aromatic carbocycles. The molecule has 0 bridgehead atoms. The van der Waals surface area contributed by atoms with Gasteiger partial charge in [-0.2, -0.15) is 0 Å². The highest BCUT2D eigenvalue weighted by Gasteiger charge is 2.16. The van der Waals surface area contributed by atoms with Crippen LogP contribution in [-0.2, 0) is 16.1 Å². The molecule has 1 fully saturated rings. The Labute approximate surface area is 117 Å². The van der Waals surface area contributed by atoms with E-state index in [1.54, 1.807) is 0 Å². The van der Waals surface area contributed by atoms with Gasteiger partial charge >= 0.3 is 0 Å². The molecule has 2 aromatic heterocycles. The van der Waals surface area contributed by atoms with E-state index in [4.69, 9.17) is 4.74 Å². The van der Waals surface area contributed by atoms with Crippen LogP contribution in [0.4, 0.5) is 0 Å². The minimum absolute atomic E-state index is 0.0186. The highest BCUT2D eigenvalue weighted by atomic mass is 16.5. The molecule has 1 aliphatic rings. The van der Waals surface area contributed by atoms with Gasteiger partial charge in [0.1, 0.15) is 5.65 Å². The van der Waals surface area contributed by atoms with E-state index in [0.29, 0.717) is 19.6 Å². The molecule has 0 radical (unpaired) electrons. The second-order valence-corrected chi connectivity index (χ2v) is 4.91. The zero-order valence-corrected chi connectivity index (χ0v) is 11.2. The first-order valence-corrected chi connectivity index (χ1v) is 6.82. The highest BCUT2D eigenvalue weighted by Crippen LogP contribution is 2.04. The number of nitrogens with zero attached hydrogens (tertiary/aromatic N) is 2. The molecule has 3 rings (SSSR count). The number of pyridine rings is 1. The first-order valence-electron chi connectivity index (χ1n) is 6.82. The van der Waals surface area contributed by atoms with Crippen molar-refractivity contribution < 1.29 is 9.53 Å². The Hall–Kier alpha value is -1.92. The van der Waals surface area contributed by atoms with Gasteiger partial charge in [0.05, 0.1) is 25.5 Å². The molecular weight excluding hydrogens is 256 g/mol. The number of carbonyl (C=O) groups is 1. The van der Waals surface area contributed by atoms with Crippen molar-refractivity contribution in [2.24, 2.45) is 0 Å². The van der Waals surface area contributed by atoms with Crippen molar-refractivity contribution in [2.45, 2.75) is 19.0 Å². The lowest BCUT2D eigenvalue weighted by Gasteiger charge is -2.23. The second-order valence-electron chi connectivity index (χ2n) is 4.91. The zero-order chi connectivity index (χ0) is 13.8. The molecule has 1 aliphatic heterocycles. The number of morpholine rings is 1. The number of hydrogen-bond acceptors (Lipinski definition) is 4. The van der Waals surface area contributed by atoms with Crippen molar-refractivity contribution in [3.05, 3.63) is 36.3 Å². The van der Waals surface area contributed by atoms with Gasteiger partial charge in [-0.05, 0) is 12.1 Å². The van der Waals surface area contributed by atoms with Gasteiger partial charge in [-0.3, -0.25) is 4.79 Å². The topological polar surface area (TPSA) is 67.7 Å². The Morgan fingerprint density at radius 3 is 3.30 bits per heavy atom. The van der Waals surface area contributed by atoms with Crippen molar-refractivity contribution in [3.63, 3.8) is 0 Å². The van der Waals surface area contributed by atoms with Gasteiger partial charge in [-0.1, -0.05) is 6.07 Å². The van der Waals surface area contributed by atoms with E-state index in [1.807, 2.05) is 35.0 Å². The third-order valence-corrected chi connectivity index (χ3v) is 3.31. The van der Waals surface area contributed by atoms with Crippen molar-refractivity contribution in [1.82, 2.24) is 20.0 Å². The third-order valence-electron chi connectivity index (χ3n) is 3.31. The van der Waals surface area contributed by atoms with Gasteiger partial charge in [0, 0.05) is 31.4 Å². The Morgan fingerprint density at radius 1 is 1.55 bits per heavy atom. The van der Waals surface area contributed by atoms with E-state index in [0.717, 1.165) is 24.5 Å². The molecule has 0 unspecified atom stereocenters. The summed E-state index contributed by atoms with van der Waals surface area (Å²) in [6.45, 7) is 2.58. The Kier molecular flexibility index (Phi) is 3.94. The largest absolute Gasteiger partial charge is 0.378 e. The number of amides is 1. The van der Waals surface area contributed by atoms with E-state index in [-0.39, 0.29) is 11.9 Å². The van der Waals surface area contributed by atoms with Gasteiger partial charge in [-0.25, -0.2) is 4.98 Å². The normalized spacial score (nSPS) is 19.1. The van der Waals surface area contributed by atoms with Crippen LogP contribution in [0.3, 0.4) is 0 Å². The van der Waals surface area contributed by atoms with Crippen LogP contribution in [0.5, 0.6) is 0 Å². The predicted octanol–water partition coefficient (Wildman–Crippen LogP) is 0.329. The quantitative estimate of drug-likeness (QED) is 0.843. The zero-order valence-electron chi connectivity index (χ0n) is 11.2. The minimum Gasteiger partial charge on any atom is -0.378 e. The smallest absolute Gasteiger partial charge is 0.221 e. The molecule has 1 amide bonds. The minimum atomic E-state index is 0.0186. The first kappa shape index (κ1) is 13.1. The lowest BCUT2D eigenvalue weighted by molar-refractivity contribution is -0.122. The number of nitrogens with one attached hydrogen (secondary N) is 2. The van der Waals surface area contributed by atoms with Crippen molar-refractivity contribution >= 4 is 11.6 Å². The summed E-state index contributed by atoms with van der Waals surface area (Å²) in [5.41, 5.74) is 1.75. The summed E-state index contributed by atoms with van der Waals surface area (Å²) in [4.78, 5) is 16.3. The van der Waals surface area contributed by atoms with Crippen LogP contribution in [0, 0.1) is 0 Å². The Morgan fingerprint density at radius 2 is 2.50 bits per heavy atom. The van der Waals surface area contributed by atoms with Crippen molar-refractivity contribution in [2.75, 3.05) is 19.8 Å². The van der Waals surface area contributed by atoms with Gasteiger partial charge < -0.3 is 19.8 Å². The van der Waals surface area contributed by atoms with E-state index < -0.39 is 0 Å². The molecule has 2 N–H and O–H groups in total. The lowest BCUT2D eigenvalue weighted by atomic mass is 10.2. The van der Waals surface area contributed by atoms with Crippen LogP contribution < -0.4 is 10.6 Å². The summed E-state index contributed by atoms with van der Waals surface area (Å²) in [5.74, 6) is 0.0186. The number of rotatable bonds is 4. The Bertz CT molecular complexity index is 557. The van der Waals surface area contributed by atoms with E-state index in [1.165, 1.54) is 0 Å². The number of hydrogen-bond donors (Lipinski definition) is 2. The summed E-state index contributed by atoms with van der Waals surface area (Å²) in [6, 6.07) is 5.95. The van der Waals surface area contributed by atoms with E-state index >= 15 is 0 Å². The average molecular weight is 274 g/mol. The van der Waals surface area contributed by atoms with Crippen LogP contribution in [0.25, 0.3) is 5.65 Å². The number of ether oxygens (including phenoxy) is 1. The fourth-order valence-corrected chi connectivity index (χ4v) is 2.31. The van der Waals surface area contributed by atoms with Crippen LogP contribution in [0.1, 0.15) is 12.1 Å². The Balaban J connectivity index is 1.51. The average Bonchev–Trinajstić information content (AvgIpc) is 2.89. The van der Waals surface area contributed by atoms with Gasteiger partial charge in [0.2, 0.25) is 5.91 Å². The summed E-state index contributed by atoms with van der Waals surface area (Å²) >= 11 is 0. The maximum absolute atomic E-state index is 11.9. The van der Waals surface area contributed by atoms with E-state index in [2.05, 4.69) is 15.6 Å². The molecule has 3 heterocycles. The lowest BCUT2D eigenvalue weighted by Crippen LogP contribution is -2.44. The molecule has 1 atom stereocenters. The number of fused-ring (bicyclic) bond motifs is 1.